The maximum absolute atomic E-state index is 11.1. The Bertz CT molecular complexity index is 354. The molecule has 0 unspecified atom stereocenters. The number of aliphatic hydroxyl groups is 1. The molecule has 0 spiro atoms. The smallest absolute Gasteiger partial charge is 0.341 e. The number of hydrogen-bond acceptors (Lipinski definition) is 3. The summed E-state index contributed by atoms with van der Waals surface area (Å²) < 4.78 is 4.55. The van der Waals surface area contributed by atoms with Crippen LogP contribution in [0.3, 0.4) is 0 Å². The second-order valence-corrected chi connectivity index (χ2v) is 2.74. The van der Waals surface area contributed by atoms with Crippen molar-refractivity contribution in [2.45, 2.75) is 6.29 Å². The van der Waals surface area contributed by atoms with Crippen LogP contribution in [0, 0.1) is 0 Å². The molecule has 0 bridgehead atoms. The van der Waals surface area contributed by atoms with Gasteiger partial charge in [-0.15, -0.1) is 0 Å². The fourth-order valence-electron chi connectivity index (χ4n) is 1.25. The Morgan fingerprint density at radius 1 is 1.23 bits per heavy atom. The van der Waals surface area contributed by atoms with Crippen LogP contribution in [0.4, 0.5) is 0 Å². The lowest BCUT2D eigenvalue weighted by molar-refractivity contribution is -0.149. The van der Waals surface area contributed by atoms with E-state index in [0.29, 0.717) is 5.57 Å². The molecule has 1 aromatic rings. The number of cyclic esters (lactones) is 1. The quantitative estimate of drug-likeness (QED) is 0.648. The molecule has 3 heteroatoms. The summed E-state index contributed by atoms with van der Waals surface area (Å²) in [6.07, 6.45) is 0.306. The van der Waals surface area contributed by atoms with Gasteiger partial charge in [-0.2, -0.15) is 0 Å². The van der Waals surface area contributed by atoms with E-state index in [2.05, 4.69) is 4.74 Å². The topological polar surface area (TPSA) is 46.5 Å². The van der Waals surface area contributed by atoms with E-state index in [4.69, 9.17) is 5.11 Å². The molecule has 0 saturated heterocycles. The van der Waals surface area contributed by atoms with Gasteiger partial charge in [0.15, 0.2) is 0 Å². The largest absolute Gasteiger partial charge is 0.428 e. The Balaban J connectivity index is 2.37. The SMILES string of the molecule is O=C1O[C@H](O)C=C1c1ccccc1. The van der Waals surface area contributed by atoms with E-state index < -0.39 is 12.3 Å². The summed E-state index contributed by atoms with van der Waals surface area (Å²) in [5, 5.41) is 9.01. The molecule has 1 atom stereocenters. The number of aliphatic hydroxyl groups excluding tert-OH is 1. The third-order valence-electron chi connectivity index (χ3n) is 1.84. The molecule has 0 radical (unpaired) electrons. The maximum atomic E-state index is 11.1. The summed E-state index contributed by atoms with van der Waals surface area (Å²) in [7, 11) is 0. The minimum Gasteiger partial charge on any atom is -0.428 e. The van der Waals surface area contributed by atoms with Gasteiger partial charge in [0.25, 0.3) is 0 Å². The predicted octanol–water partition coefficient (Wildman–Crippen LogP) is 0.945. The molecule has 1 aliphatic rings. The molecule has 0 aliphatic carbocycles. The lowest BCUT2D eigenvalue weighted by Crippen LogP contribution is -2.05. The third-order valence-corrected chi connectivity index (χ3v) is 1.84. The summed E-state index contributed by atoms with van der Waals surface area (Å²) in [5.74, 6) is -0.473. The van der Waals surface area contributed by atoms with Gasteiger partial charge in [0.1, 0.15) is 0 Å². The van der Waals surface area contributed by atoms with Crippen molar-refractivity contribution < 1.29 is 14.6 Å². The van der Waals surface area contributed by atoms with Crippen LogP contribution in [-0.4, -0.2) is 17.4 Å². The van der Waals surface area contributed by atoms with E-state index in [9.17, 15) is 4.79 Å². The Hall–Kier alpha value is -1.61. The molecule has 13 heavy (non-hydrogen) atoms. The number of ether oxygens (including phenoxy) is 1. The Labute approximate surface area is 75.3 Å². The van der Waals surface area contributed by atoms with Crippen molar-refractivity contribution in [3.63, 3.8) is 0 Å². The van der Waals surface area contributed by atoms with Gasteiger partial charge >= 0.3 is 5.97 Å². The average molecular weight is 176 g/mol. The second kappa shape index (κ2) is 3.03. The van der Waals surface area contributed by atoms with Crippen LogP contribution in [0.15, 0.2) is 36.4 Å². The number of rotatable bonds is 1. The van der Waals surface area contributed by atoms with Crippen LogP contribution in [0.25, 0.3) is 5.57 Å². The van der Waals surface area contributed by atoms with Gasteiger partial charge < -0.3 is 9.84 Å². The Morgan fingerprint density at radius 2 is 1.92 bits per heavy atom. The zero-order valence-electron chi connectivity index (χ0n) is 6.81. The van der Waals surface area contributed by atoms with Gasteiger partial charge in [0.05, 0.1) is 5.57 Å². The summed E-state index contributed by atoms with van der Waals surface area (Å²) in [4.78, 5) is 11.1. The van der Waals surface area contributed by atoms with E-state index in [1.54, 1.807) is 12.1 Å². The lowest BCUT2D eigenvalue weighted by Gasteiger charge is -1.98. The van der Waals surface area contributed by atoms with E-state index in [0.717, 1.165) is 5.56 Å². The number of esters is 1. The predicted molar refractivity (Wildman–Crippen MR) is 46.5 cm³/mol. The van der Waals surface area contributed by atoms with Gasteiger partial charge in [0.2, 0.25) is 6.29 Å². The van der Waals surface area contributed by atoms with Crippen molar-refractivity contribution in [1.29, 1.82) is 0 Å². The normalized spacial score (nSPS) is 21.2. The van der Waals surface area contributed by atoms with Crippen molar-refractivity contribution in [2.24, 2.45) is 0 Å². The lowest BCUT2D eigenvalue weighted by atomic mass is 10.1. The first kappa shape index (κ1) is 8.01. The molecular formula is C10H8O3. The van der Waals surface area contributed by atoms with Crippen LogP contribution in [0.5, 0.6) is 0 Å². The average Bonchev–Trinajstić information content (AvgIpc) is 2.47. The molecule has 0 saturated carbocycles. The standard InChI is InChI=1S/C10H8O3/c11-9-6-8(10(12)13-9)7-4-2-1-3-5-7/h1-6,9,11H/t9-/m0/s1. The van der Waals surface area contributed by atoms with Crippen molar-refractivity contribution >= 4 is 11.5 Å². The fraction of sp³-hybridized carbons (Fsp3) is 0.100. The maximum Gasteiger partial charge on any atom is 0.341 e. The van der Waals surface area contributed by atoms with Crippen LogP contribution in [0.2, 0.25) is 0 Å². The second-order valence-electron chi connectivity index (χ2n) is 2.74. The van der Waals surface area contributed by atoms with E-state index in [1.165, 1.54) is 6.08 Å². The van der Waals surface area contributed by atoms with Crippen molar-refractivity contribution in [3.05, 3.63) is 42.0 Å². The molecular weight excluding hydrogens is 168 g/mol. The van der Waals surface area contributed by atoms with Gasteiger partial charge in [-0.1, -0.05) is 30.3 Å². The van der Waals surface area contributed by atoms with E-state index in [1.807, 2.05) is 18.2 Å². The highest BCUT2D eigenvalue weighted by molar-refractivity contribution is 6.18. The van der Waals surface area contributed by atoms with Crippen molar-refractivity contribution in [2.75, 3.05) is 0 Å². The molecule has 1 N–H and O–H groups in total. The zero-order valence-corrected chi connectivity index (χ0v) is 6.81. The van der Waals surface area contributed by atoms with Crippen LogP contribution >= 0.6 is 0 Å². The highest BCUT2D eigenvalue weighted by Gasteiger charge is 2.24. The molecule has 2 rings (SSSR count). The van der Waals surface area contributed by atoms with E-state index >= 15 is 0 Å². The molecule has 66 valence electrons. The first-order valence-corrected chi connectivity index (χ1v) is 3.93. The van der Waals surface area contributed by atoms with Crippen LogP contribution < -0.4 is 0 Å². The molecule has 0 fully saturated rings. The first-order chi connectivity index (χ1) is 6.27. The molecule has 0 amide bonds. The first-order valence-electron chi connectivity index (χ1n) is 3.93. The highest BCUT2D eigenvalue weighted by atomic mass is 16.6. The number of carbonyl (C=O) groups excluding carboxylic acids is 1. The van der Waals surface area contributed by atoms with Gasteiger partial charge in [-0.25, -0.2) is 4.79 Å². The minimum atomic E-state index is -1.09. The number of carbonyl (C=O) groups is 1. The summed E-state index contributed by atoms with van der Waals surface area (Å²) >= 11 is 0. The Morgan fingerprint density at radius 3 is 2.46 bits per heavy atom. The molecule has 1 heterocycles. The number of hydrogen-bond donors (Lipinski definition) is 1. The zero-order chi connectivity index (χ0) is 9.26. The number of benzene rings is 1. The van der Waals surface area contributed by atoms with Crippen LogP contribution in [-0.2, 0) is 9.53 Å². The van der Waals surface area contributed by atoms with Crippen molar-refractivity contribution in [1.82, 2.24) is 0 Å². The fourth-order valence-corrected chi connectivity index (χ4v) is 1.25. The molecule has 0 aromatic heterocycles. The van der Waals surface area contributed by atoms with Gasteiger partial charge in [-0.3, -0.25) is 0 Å². The molecule has 1 aromatic carbocycles. The molecule has 1 aliphatic heterocycles. The molecule has 3 nitrogen and oxygen atoms in total. The van der Waals surface area contributed by atoms with Crippen LogP contribution in [0.1, 0.15) is 5.56 Å². The highest BCUT2D eigenvalue weighted by Crippen LogP contribution is 2.22. The monoisotopic (exact) mass is 176 g/mol. The minimum absolute atomic E-state index is 0.424. The third kappa shape index (κ3) is 1.46. The van der Waals surface area contributed by atoms with Crippen molar-refractivity contribution in [3.8, 4) is 0 Å². The Kier molecular flexibility index (Phi) is 1.87. The summed E-state index contributed by atoms with van der Waals surface area (Å²) in [6.45, 7) is 0. The van der Waals surface area contributed by atoms with Gasteiger partial charge in [-0.05, 0) is 11.6 Å². The summed E-state index contributed by atoms with van der Waals surface area (Å²) in [6, 6.07) is 9.11. The van der Waals surface area contributed by atoms with E-state index in [-0.39, 0.29) is 0 Å². The van der Waals surface area contributed by atoms with Gasteiger partial charge in [0, 0.05) is 0 Å². The summed E-state index contributed by atoms with van der Waals surface area (Å²) in [5.41, 5.74) is 1.19.